The maximum Gasteiger partial charge on any atom is 0.358 e. The lowest BCUT2D eigenvalue weighted by Crippen LogP contribution is -2.36. The number of carbonyl (C=O) groups is 1. The second-order valence-electron chi connectivity index (χ2n) is 4.58. The summed E-state index contributed by atoms with van der Waals surface area (Å²) < 4.78 is 30.8. The van der Waals surface area contributed by atoms with Crippen LogP contribution in [-0.4, -0.2) is 43.9 Å². The number of carbonyl (C=O) groups excluding carboxylic acids is 1. The Balaban J connectivity index is 2.33. The van der Waals surface area contributed by atoms with Gasteiger partial charge in [-0.25, -0.2) is 18.2 Å². The average Bonchev–Trinajstić information content (AvgIpc) is 3.12. The van der Waals surface area contributed by atoms with Gasteiger partial charge in [0.1, 0.15) is 0 Å². The van der Waals surface area contributed by atoms with Gasteiger partial charge in [0.15, 0.2) is 9.90 Å². The topological polar surface area (TPSA) is 76.6 Å². The van der Waals surface area contributed by atoms with E-state index >= 15 is 0 Å². The van der Waals surface area contributed by atoms with Gasteiger partial charge >= 0.3 is 5.97 Å². The summed E-state index contributed by atoms with van der Waals surface area (Å²) in [4.78, 5) is 15.3. The first-order valence-electron chi connectivity index (χ1n) is 5.89. The summed E-state index contributed by atoms with van der Waals surface area (Å²) >= 11 is 0.936. The molecule has 1 saturated carbocycles. The van der Waals surface area contributed by atoms with Crippen molar-refractivity contribution in [2.45, 2.75) is 30.0 Å². The van der Waals surface area contributed by atoms with E-state index in [-0.39, 0.29) is 15.9 Å². The van der Waals surface area contributed by atoms with Crippen molar-refractivity contribution >= 4 is 27.3 Å². The summed E-state index contributed by atoms with van der Waals surface area (Å²) in [5.74, 6) is -0.318. The number of esters is 1. The third-order valence-electron chi connectivity index (χ3n) is 3.40. The quantitative estimate of drug-likeness (QED) is 0.767. The van der Waals surface area contributed by atoms with Gasteiger partial charge in [0.05, 0.1) is 12.6 Å². The van der Waals surface area contributed by atoms with Gasteiger partial charge in [0.2, 0.25) is 0 Å². The molecule has 1 aromatic rings. The van der Waals surface area contributed by atoms with Gasteiger partial charge in [-0.05, 0) is 25.7 Å². The van der Waals surface area contributed by atoms with Gasteiger partial charge in [-0.1, -0.05) is 0 Å². The first kappa shape index (κ1) is 14.4. The minimum atomic E-state index is -3.70. The van der Waals surface area contributed by atoms with Gasteiger partial charge < -0.3 is 4.74 Å². The molecule has 0 aromatic carbocycles. The van der Waals surface area contributed by atoms with Crippen molar-refractivity contribution in [1.29, 1.82) is 0 Å². The summed E-state index contributed by atoms with van der Waals surface area (Å²) in [6.45, 7) is 1.88. The second kappa shape index (κ2) is 5.18. The number of methoxy groups -OCH3 is 1. The molecule has 1 unspecified atom stereocenters. The smallest absolute Gasteiger partial charge is 0.358 e. The Labute approximate surface area is 116 Å². The molecule has 0 amide bonds. The Hall–Kier alpha value is -0.990. The highest BCUT2D eigenvalue weighted by atomic mass is 32.2. The summed E-state index contributed by atoms with van der Waals surface area (Å²) in [5.41, 5.74) is 1.21. The maximum atomic E-state index is 12.5. The van der Waals surface area contributed by atoms with E-state index in [0.29, 0.717) is 5.92 Å². The summed E-state index contributed by atoms with van der Waals surface area (Å²) in [6, 6.07) is -0.0717. The number of rotatable bonds is 5. The van der Waals surface area contributed by atoms with Crippen LogP contribution in [0.5, 0.6) is 0 Å². The predicted octanol–water partition coefficient (Wildman–Crippen LogP) is 1.35. The largest absolute Gasteiger partial charge is 0.464 e. The molecule has 1 atom stereocenters. The van der Waals surface area contributed by atoms with Crippen molar-refractivity contribution in [3.63, 3.8) is 0 Å². The fourth-order valence-electron chi connectivity index (χ4n) is 1.88. The van der Waals surface area contributed by atoms with Crippen LogP contribution in [0.1, 0.15) is 30.3 Å². The van der Waals surface area contributed by atoms with Crippen LogP contribution >= 0.6 is 11.3 Å². The zero-order valence-corrected chi connectivity index (χ0v) is 12.6. The third-order valence-corrected chi connectivity index (χ3v) is 6.70. The maximum absolute atomic E-state index is 12.5. The molecule has 1 aromatic heterocycles. The lowest BCUT2D eigenvalue weighted by Gasteiger charge is -2.23. The molecule has 2 rings (SSSR count). The molecule has 0 radical (unpaired) electrons. The molecule has 6 nitrogen and oxygen atoms in total. The zero-order chi connectivity index (χ0) is 14.2. The molecule has 19 heavy (non-hydrogen) atoms. The Morgan fingerprint density at radius 3 is 2.74 bits per heavy atom. The van der Waals surface area contributed by atoms with E-state index in [2.05, 4.69) is 9.72 Å². The molecule has 0 spiro atoms. The summed E-state index contributed by atoms with van der Waals surface area (Å²) in [5, 5.41) is 0. The van der Waals surface area contributed by atoms with E-state index in [9.17, 15) is 13.2 Å². The van der Waals surface area contributed by atoms with Crippen LogP contribution in [0.4, 0.5) is 0 Å². The molecule has 1 heterocycles. The fourth-order valence-corrected chi connectivity index (χ4v) is 4.60. The van der Waals surface area contributed by atoms with Gasteiger partial charge in [0, 0.05) is 13.1 Å². The molecular weight excluding hydrogens is 288 g/mol. The highest BCUT2D eigenvalue weighted by Crippen LogP contribution is 2.37. The first-order valence-corrected chi connectivity index (χ1v) is 8.21. The lowest BCUT2D eigenvalue weighted by atomic mass is 10.2. The molecule has 8 heteroatoms. The Bertz CT molecular complexity index is 577. The molecule has 106 valence electrons. The number of sulfonamides is 1. The molecule has 1 aliphatic carbocycles. The van der Waals surface area contributed by atoms with Crippen LogP contribution in [0.15, 0.2) is 9.72 Å². The minimum absolute atomic E-state index is 0.0469. The van der Waals surface area contributed by atoms with Crippen molar-refractivity contribution in [1.82, 2.24) is 9.29 Å². The molecule has 0 bridgehead atoms. The van der Waals surface area contributed by atoms with E-state index in [0.717, 1.165) is 24.2 Å². The monoisotopic (exact) mass is 304 g/mol. The highest BCUT2D eigenvalue weighted by Gasteiger charge is 2.38. The van der Waals surface area contributed by atoms with Crippen LogP contribution < -0.4 is 0 Å². The van der Waals surface area contributed by atoms with E-state index < -0.39 is 16.0 Å². The molecule has 0 N–H and O–H groups in total. The van der Waals surface area contributed by atoms with Crippen molar-refractivity contribution in [2.24, 2.45) is 5.92 Å². The van der Waals surface area contributed by atoms with E-state index in [1.54, 1.807) is 7.05 Å². The van der Waals surface area contributed by atoms with E-state index in [1.165, 1.54) is 16.9 Å². The number of aromatic nitrogens is 1. The number of thiazole rings is 1. The zero-order valence-electron chi connectivity index (χ0n) is 11.0. The van der Waals surface area contributed by atoms with Gasteiger partial charge in [-0.2, -0.15) is 4.31 Å². The fraction of sp³-hybridized carbons (Fsp3) is 0.636. The SMILES string of the molecule is COC(=O)c1ncsc1S(=O)(=O)N(C)C(C)C1CC1. The lowest BCUT2D eigenvalue weighted by molar-refractivity contribution is 0.0590. The predicted molar refractivity (Wildman–Crippen MR) is 70.6 cm³/mol. The van der Waals surface area contributed by atoms with Gasteiger partial charge in [-0.15, -0.1) is 11.3 Å². The van der Waals surface area contributed by atoms with E-state index in [4.69, 9.17) is 0 Å². The second-order valence-corrected chi connectivity index (χ2v) is 7.63. The first-order chi connectivity index (χ1) is 8.89. The highest BCUT2D eigenvalue weighted by molar-refractivity contribution is 7.91. The molecular formula is C11H16N2O4S2. The van der Waals surface area contributed by atoms with Crippen molar-refractivity contribution in [2.75, 3.05) is 14.2 Å². The Morgan fingerprint density at radius 1 is 1.58 bits per heavy atom. The normalized spacial score (nSPS) is 17.5. The average molecular weight is 304 g/mol. The summed E-state index contributed by atoms with van der Waals surface area (Å²) in [6.07, 6.45) is 2.10. The Kier molecular flexibility index (Phi) is 3.93. The van der Waals surface area contributed by atoms with E-state index in [1.807, 2.05) is 6.92 Å². The van der Waals surface area contributed by atoms with Crippen molar-refractivity contribution in [3.8, 4) is 0 Å². The standard InChI is InChI=1S/C11H16N2O4S2/c1-7(8-4-5-8)13(2)19(15,16)11-9(10(14)17-3)12-6-18-11/h6-8H,4-5H2,1-3H3. The summed E-state index contributed by atoms with van der Waals surface area (Å²) in [7, 11) is -0.953. The van der Waals surface area contributed by atoms with Crippen LogP contribution in [0, 0.1) is 5.92 Å². The van der Waals surface area contributed by atoms with Crippen LogP contribution in [-0.2, 0) is 14.8 Å². The molecule has 0 aliphatic heterocycles. The van der Waals surface area contributed by atoms with Crippen molar-refractivity contribution in [3.05, 3.63) is 11.2 Å². The van der Waals surface area contributed by atoms with Crippen LogP contribution in [0.3, 0.4) is 0 Å². The van der Waals surface area contributed by atoms with Gasteiger partial charge in [0.25, 0.3) is 10.0 Å². The van der Waals surface area contributed by atoms with Crippen LogP contribution in [0.25, 0.3) is 0 Å². The Morgan fingerprint density at radius 2 is 2.21 bits per heavy atom. The number of ether oxygens (including phenoxy) is 1. The number of hydrogen-bond donors (Lipinski definition) is 0. The minimum Gasteiger partial charge on any atom is -0.464 e. The number of nitrogens with zero attached hydrogens (tertiary/aromatic N) is 2. The molecule has 0 saturated heterocycles. The third kappa shape index (κ3) is 2.65. The molecule has 1 aliphatic rings. The molecule has 1 fully saturated rings. The van der Waals surface area contributed by atoms with Gasteiger partial charge in [-0.3, -0.25) is 0 Å². The van der Waals surface area contributed by atoms with Crippen LogP contribution in [0.2, 0.25) is 0 Å². The van der Waals surface area contributed by atoms with Crippen molar-refractivity contribution < 1.29 is 17.9 Å². The number of hydrogen-bond acceptors (Lipinski definition) is 6.